The van der Waals surface area contributed by atoms with Gasteiger partial charge in [-0.1, -0.05) is 48.6 Å². The summed E-state index contributed by atoms with van der Waals surface area (Å²) in [6.07, 6.45) is 3.87. The normalized spacial score (nSPS) is 36.8. The molecule has 4 atom stereocenters. The van der Waals surface area contributed by atoms with Gasteiger partial charge in [0.25, 0.3) is 0 Å². The first-order chi connectivity index (χ1) is 11.4. The number of rotatable bonds is 1. The van der Waals surface area contributed by atoms with Gasteiger partial charge < -0.3 is 4.74 Å². The van der Waals surface area contributed by atoms with Crippen LogP contribution in [0.15, 0.2) is 54.6 Å². The van der Waals surface area contributed by atoms with Gasteiger partial charge in [0.1, 0.15) is 0 Å². The number of imide groups is 1. The van der Waals surface area contributed by atoms with Gasteiger partial charge in [-0.05, 0) is 25.3 Å². The zero-order valence-corrected chi connectivity index (χ0v) is 13.5. The predicted octanol–water partition coefficient (Wildman–Crippen LogP) is 3.06. The largest absolute Gasteiger partial charge is 0.359 e. The lowest BCUT2D eigenvalue weighted by Crippen LogP contribution is -2.39. The van der Waals surface area contributed by atoms with Gasteiger partial charge in [0, 0.05) is 5.39 Å². The highest BCUT2D eigenvalue weighted by Gasteiger charge is 2.70. The lowest BCUT2D eigenvalue weighted by Gasteiger charge is -2.26. The van der Waals surface area contributed by atoms with Gasteiger partial charge in [-0.2, -0.15) is 0 Å². The third kappa shape index (κ3) is 1.47. The van der Waals surface area contributed by atoms with Gasteiger partial charge in [-0.3, -0.25) is 9.59 Å². The van der Waals surface area contributed by atoms with E-state index in [4.69, 9.17) is 4.74 Å². The molecule has 24 heavy (non-hydrogen) atoms. The molecule has 4 heteroatoms. The number of anilines is 1. The van der Waals surface area contributed by atoms with Gasteiger partial charge in [-0.15, -0.1) is 0 Å². The number of carbonyl (C=O) groups excluding carboxylic acids is 2. The number of ether oxygens (including phenoxy) is 1. The van der Waals surface area contributed by atoms with Crippen LogP contribution in [0.25, 0.3) is 10.8 Å². The van der Waals surface area contributed by atoms with Crippen molar-refractivity contribution >= 4 is 28.3 Å². The highest BCUT2D eigenvalue weighted by molar-refractivity contribution is 6.26. The highest BCUT2D eigenvalue weighted by atomic mass is 16.5. The second-order valence-corrected chi connectivity index (χ2v) is 7.27. The van der Waals surface area contributed by atoms with Gasteiger partial charge >= 0.3 is 0 Å². The molecular formula is C20H17NO3. The average Bonchev–Trinajstić information content (AvgIpc) is 3.11. The van der Waals surface area contributed by atoms with Crippen LogP contribution in [0.4, 0.5) is 5.69 Å². The maximum atomic E-state index is 13.2. The Balaban J connectivity index is 1.69. The van der Waals surface area contributed by atoms with Crippen molar-refractivity contribution in [1.29, 1.82) is 0 Å². The van der Waals surface area contributed by atoms with Crippen LogP contribution in [0.2, 0.25) is 0 Å². The molecule has 0 saturated carbocycles. The fraction of sp³-hybridized carbons (Fsp3) is 0.300. The summed E-state index contributed by atoms with van der Waals surface area (Å²) in [4.78, 5) is 27.7. The molecule has 2 bridgehead atoms. The van der Waals surface area contributed by atoms with E-state index in [0.717, 1.165) is 10.8 Å². The zero-order chi connectivity index (χ0) is 16.7. The molecule has 120 valence electrons. The topological polar surface area (TPSA) is 46.6 Å². The van der Waals surface area contributed by atoms with Gasteiger partial charge in [-0.25, -0.2) is 4.90 Å². The van der Waals surface area contributed by atoms with E-state index in [1.165, 1.54) is 4.90 Å². The summed E-state index contributed by atoms with van der Waals surface area (Å²) in [5, 5.41) is 1.93. The highest BCUT2D eigenvalue weighted by Crippen LogP contribution is 2.57. The molecule has 3 heterocycles. The summed E-state index contributed by atoms with van der Waals surface area (Å²) >= 11 is 0. The van der Waals surface area contributed by atoms with Crippen molar-refractivity contribution in [3.05, 3.63) is 54.6 Å². The van der Waals surface area contributed by atoms with E-state index in [9.17, 15) is 9.59 Å². The Kier molecular flexibility index (Phi) is 2.40. The van der Waals surface area contributed by atoms with E-state index in [2.05, 4.69) is 0 Å². The maximum absolute atomic E-state index is 13.2. The molecule has 2 fully saturated rings. The SMILES string of the molecule is C[C@]12C=C[C@@](C)(O1)[C@H]1C(=O)N(c3cccc4ccccc34)C(=O)[C@H]12. The molecule has 0 aromatic heterocycles. The summed E-state index contributed by atoms with van der Waals surface area (Å²) in [5.74, 6) is -1.20. The van der Waals surface area contributed by atoms with Crippen LogP contribution < -0.4 is 4.90 Å². The lowest BCUT2D eigenvalue weighted by atomic mass is 9.73. The third-order valence-electron chi connectivity index (χ3n) is 5.73. The molecule has 2 aromatic rings. The molecule has 4 nitrogen and oxygen atoms in total. The maximum Gasteiger partial charge on any atom is 0.241 e. The molecule has 3 aliphatic heterocycles. The monoisotopic (exact) mass is 319 g/mol. The van der Waals surface area contributed by atoms with E-state index >= 15 is 0 Å². The van der Waals surface area contributed by atoms with E-state index in [1.54, 1.807) is 0 Å². The minimum atomic E-state index is -0.689. The van der Waals surface area contributed by atoms with Crippen LogP contribution in [0.5, 0.6) is 0 Å². The van der Waals surface area contributed by atoms with E-state index in [1.807, 2.05) is 68.5 Å². The first-order valence-corrected chi connectivity index (χ1v) is 8.21. The second kappa shape index (κ2) is 4.14. The quantitative estimate of drug-likeness (QED) is 0.599. The van der Waals surface area contributed by atoms with Crippen LogP contribution >= 0.6 is 0 Å². The Bertz CT molecular complexity index is 908. The molecule has 2 amide bonds. The summed E-state index contributed by atoms with van der Waals surface area (Å²) in [5.41, 5.74) is -0.708. The van der Waals surface area contributed by atoms with Gasteiger partial charge in [0.05, 0.1) is 28.7 Å². The molecular weight excluding hydrogens is 302 g/mol. The van der Waals surface area contributed by atoms with Crippen LogP contribution in [-0.4, -0.2) is 23.0 Å². The smallest absolute Gasteiger partial charge is 0.241 e. The second-order valence-electron chi connectivity index (χ2n) is 7.27. The molecule has 2 aromatic carbocycles. The Labute approximate surface area is 139 Å². The number of benzene rings is 2. The fourth-order valence-corrected chi connectivity index (χ4v) is 4.67. The molecule has 0 N–H and O–H groups in total. The van der Waals surface area contributed by atoms with Crippen molar-refractivity contribution in [1.82, 2.24) is 0 Å². The molecule has 0 radical (unpaired) electrons. The minimum Gasteiger partial charge on any atom is -0.359 e. The summed E-state index contributed by atoms with van der Waals surface area (Å²) in [6, 6.07) is 13.5. The zero-order valence-electron chi connectivity index (χ0n) is 13.5. The molecule has 5 rings (SSSR count). The minimum absolute atomic E-state index is 0.156. The van der Waals surface area contributed by atoms with Gasteiger partial charge in [0.15, 0.2) is 0 Å². The first-order valence-electron chi connectivity index (χ1n) is 8.21. The summed E-state index contributed by atoms with van der Waals surface area (Å²) < 4.78 is 6.05. The average molecular weight is 319 g/mol. The van der Waals surface area contributed by atoms with Crippen LogP contribution in [0.1, 0.15) is 13.8 Å². The van der Waals surface area contributed by atoms with Crippen molar-refractivity contribution in [3.63, 3.8) is 0 Å². The van der Waals surface area contributed by atoms with E-state index in [0.29, 0.717) is 5.69 Å². The first kappa shape index (κ1) is 13.9. The van der Waals surface area contributed by atoms with Crippen molar-refractivity contribution < 1.29 is 14.3 Å². The van der Waals surface area contributed by atoms with E-state index < -0.39 is 23.0 Å². The molecule has 2 saturated heterocycles. The third-order valence-corrected chi connectivity index (χ3v) is 5.73. The van der Waals surface area contributed by atoms with Crippen LogP contribution in [-0.2, 0) is 14.3 Å². The number of carbonyl (C=O) groups is 2. The Morgan fingerprint density at radius 1 is 0.875 bits per heavy atom. The van der Waals surface area contributed by atoms with Crippen LogP contribution in [0, 0.1) is 11.8 Å². The predicted molar refractivity (Wildman–Crippen MR) is 90.5 cm³/mol. The van der Waals surface area contributed by atoms with E-state index in [-0.39, 0.29) is 11.8 Å². The lowest BCUT2D eigenvalue weighted by molar-refractivity contribution is -0.128. The van der Waals surface area contributed by atoms with Crippen LogP contribution in [0.3, 0.4) is 0 Å². The van der Waals surface area contributed by atoms with Gasteiger partial charge in [0.2, 0.25) is 11.8 Å². The number of fused-ring (bicyclic) bond motifs is 6. The van der Waals surface area contributed by atoms with Crippen molar-refractivity contribution in [2.45, 2.75) is 25.0 Å². The molecule has 3 aliphatic rings. The summed E-state index contributed by atoms with van der Waals surface area (Å²) in [6.45, 7) is 3.80. The number of nitrogens with zero attached hydrogens (tertiary/aromatic N) is 1. The molecule has 0 unspecified atom stereocenters. The number of hydrogen-bond acceptors (Lipinski definition) is 3. The number of hydrogen-bond donors (Lipinski definition) is 0. The van der Waals surface area contributed by atoms with Crippen molar-refractivity contribution in [3.8, 4) is 0 Å². The Hall–Kier alpha value is -2.46. The van der Waals surface area contributed by atoms with Crippen molar-refractivity contribution in [2.24, 2.45) is 11.8 Å². The standard InChI is InChI=1S/C20H17NO3/c1-19-10-11-20(2,24-19)16-15(19)17(22)21(18(16)23)14-9-5-7-12-6-3-4-8-13(12)14/h3-11,15-16H,1-2H3/t15-,16+,19-,20-/m1/s1. The fourth-order valence-electron chi connectivity index (χ4n) is 4.67. The number of amides is 2. The molecule has 0 aliphatic carbocycles. The van der Waals surface area contributed by atoms with Crippen molar-refractivity contribution in [2.75, 3.05) is 4.90 Å². The Morgan fingerprint density at radius 3 is 2.12 bits per heavy atom. The summed E-state index contributed by atoms with van der Waals surface area (Å²) in [7, 11) is 0. The molecule has 0 spiro atoms. The Morgan fingerprint density at radius 2 is 1.46 bits per heavy atom.